The number of benzene rings is 1. The van der Waals surface area contributed by atoms with Crippen molar-refractivity contribution in [1.29, 1.82) is 0 Å². The monoisotopic (exact) mass is 434 g/mol. The first-order chi connectivity index (χ1) is 15.3. The molecule has 2 aliphatic heterocycles. The largest absolute Gasteiger partial charge is 0.507 e. The zero-order chi connectivity index (χ0) is 22.5. The number of piperidine rings is 2. The van der Waals surface area contributed by atoms with E-state index in [0.29, 0.717) is 29.1 Å². The third kappa shape index (κ3) is 3.48. The SMILES string of the molecule is C=C(c1ncc(-c2ccc(-n3ccnc3)cc2O)nn1)[C@@H]1C[C@@]2(C)CCC[C@](C)(N2)[C@H]1F. The molecule has 0 radical (unpaired) electrons. The third-order valence-electron chi connectivity index (χ3n) is 7.00. The van der Waals surface area contributed by atoms with E-state index in [1.165, 1.54) is 0 Å². The number of imidazole rings is 1. The first-order valence-electron chi connectivity index (χ1n) is 10.9. The van der Waals surface area contributed by atoms with E-state index in [-0.39, 0.29) is 17.2 Å². The summed E-state index contributed by atoms with van der Waals surface area (Å²) in [5, 5.41) is 22.5. The van der Waals surface area contributed by atoms with E-state index < -0.39 is 11.7 Å². The number of aromatic hydroxyl groups is 1. The van der Waals surface area contributed by atoms with Crippen LogP contribution in [-0.2, 0) is 0 Å². The van der Waals surface area contributed by atoms with E-state index in [4.69, 9.17) is 0 Å². The standard InChI is InChI=1S/C24H27FN6O/c1-15(18-12-23(2)7-4-8-24(3,30-23)21(18)25)22-27-13-19(28-29-22)17-6-5-16(11-20(17)32)31-10-9-26-14-31/h5-6,9-11,13-14,18,21,30,32H,1,4,7-8,12H2,2-3H3/t18-,21-,23+,24-/m0/s1. The van der Waals surface area contributed by atoms with Crippen molar-refractivity contribution in [3.05, 3.63) is 55.5 Å². The van der Waals surface area contributed by atoms with Crippen molar-refractivity contribution in [3.8, 4) is 22.7 Å². The molecule has 2 bridgehead atoms. The first-order valence-corrected chi connectivity index (χ1v) is 10.9. The zero-order valence-electron chi connectivity index (χ0n) is 18.3. The van der Waals surface area contributed by atoms with Gasteiger partial charge in [-0.15, -0.1) is 10.2 Å². The molecule has 8 heteroatoms. The van der Waals surface area contributed by atoms with E-state index in [0.717, 1.165) is 24.9 Å². The summed E-state index contributed by atoms with van der Waals surface area (Å²) in [6, 6.07) is 5.25. The maximum Gasteiger partial charge on any atom is 0.177 e. The summed E-state index contributed by atoms with van der Waals surface area (Å²) in [6.07, 6.45) is 9.12. The Bertz CT molecular complexity index is 1150. The molecule has 2 saturated heterocycles. The van der Waals surface area contributed by atoms with Crippen molar-refractivity contribution in [2.75, 3.05) is 0 Å². The summed E-state index contributed by atoms with van der Waals surface area (Å²) < 4.78 is 17.3. The topological polar surface area (TPSA) is 88.8 Å². The van der Waals surface area contributed by atoms with Crippen LogP contribution in [0.5, 0.6) is 5.75 Å². The summed E-state index contributed by atoms with van der Waals surface area (Å²) in [6.45, 7) is 8.28. The second-order valence-electron chi connectivity index (χ2n) is 9.53. The van der Waals surface area contributed by atoms with Crippen LogP contribution in [0, 0.1) is 5.92 Å². The van der Waals surface area contributed by atoms with Crippen LogP contribution in [0.25, 0.3) is 22.5 Å². The molecule has 2 aliphatic rings. The highest BCUT2D eigenvalue weighted by Crippen LogP contribution is 2.47. The smallest absolute Gasteiger partial charge is 0.177 e. The van der Waals surface area contributed by atoms with Gasteiger partial charge < -0.3 is 15.0 Å². The Morgan fingerprint density at radius 1 is 1.28 bits per heavy atom. The average Bonchev–Trinajstić information content (AvgIpc) is 3.31. The first kappa shape index (κ1) is 20.8. The van der Waals surface area contributed by atoms with Gasteiger partial charge in [-0.2, -0.15) is 0 Å². The Labute approximate surface area is 186 Å². The van der Waals surface area contributed by atoms with Gasteiger partial charge in [0, 0.05) is 41.0 Å². The fourth-order valence-electron chi connectivity index (χ4n) is 5.37. The van der Waals surface area contributed by atoms with Crippen molar-refractivity contribution in [2.45, 2.75) is 56.8 Å². The molecule has 4 atom stereocenters. The Morgan fingerprint density at radius 2 is 2.12 bits per heavy atom. The lowest BCUT2D eigenvalue weighted by atomic mass is 9.64. The molecule has 4 heterocycles. The highest BCUT2D eigenvalue weighted by atomic mass is 19.1. The molecule has 0 saturated carbocycles. The molecule has 32 heavy (non-hydrogen) atoms. The number of fused-ring (bicyclic) bond motifs is 2. The molecule has 0 spiro atoms. The number of phenols is 1. The minimum Gasteiger partial charge on any atom is -0.507 e. The number of allylic oxidation sites excluding steroid dienone is 1. The number of rotatable bonds is 4. The van der Waals surface area contributed by atoms with Crippen molar-refractivity contribution < 1.29 is 9.50 Å². The predicted octanol–water partition coefficient (Wildman–Crippen LogP) is 4.09. The molecule has 0 aliphatic carbocycles. The number of hydrogen-bond donors (Lipinski definition) is 2. The maximum absolute atomic E-state index is 15.5. The molecular formula is C24H27FN6O. The van der Waals surface area contributed by atoms with Gasteiger partial charge in [0.2, 0.25) is 0 Å². The number of alkyl halides is 1. The lowest BCUT2D eigenvalue weighted by Gasteiger charge is -2.55. The Kier molecular flexibility index (Phi) is 4.85. The van der Waals surface area contributed by atoms with Gasteiger partial charge in [-0.1, -0.05) is 6.58 Å². The van der Waals surface area contributed by atoms with Crippen molar-refractivity contribution >= 4 is 5.57 Å². The lowest BCUT2D eigenvalue weighted by Crippen LogP contribution is -2.68. The molecule has 7 nitrogen and oxygen atoms in total. The molecule has 2 N–H and O–H groups in total. The van der Waals surface area contributed by atoms with Gasteiger partial charge in [0.05, 0.1) is 18.2 Å². The molecule has 5 rings (SSSR count). The average molecular weight is 435 g/mol. The quantitative estimate of drug-likeness (QED) is 0.643. The van der Waals surface area contributed by atoms with Crippen LogP contribution < -0.4 is 5.32 Å². The lowest BCUT2D eigenvalue weighted by molar-refractivity contribution is -0.00610. The summed E-state index contributed by atoms with van der Waals surface area (Å²) in [7, 11) is 0. The highest BCUT2D eigenvalue weighted by molar-refractivity contribution is 5.68. The molecule has 2 aromatic heterocycles. The maximum atomic E-state index is 15.5. The number of phenolic OH excluding ortho intramolecular Hbond substituents is 1. The van der Waals surface area contributed by atoms with Gasteiger partial charge in [-0.25, -0.2) is 14.4 Å². The molecule has 0 amide bonds. The number of nitrogens with one attached hydrogen (secondary N) is 1. The number of hydrogen-bond acceptors (Lipinski definition) is 6. The summed E-state index contributed by atoms with van der Waals surface area (Å²) in [5.74, 6) is 0.0555. The van der Waals surface area contributed by atoms with Gasteiger partial charge in [0.25, 0.3) is 0 Å². The highest BCUT2D eigenvalue weighted by Gasteiger charge is 2.53. The van der Waals surface area contributed by atoms with Gasteiger partial charge in [-0.05, 0) is 57.2 Å². The number of nitrogens with zero attached hydrogens (tertiary/aromatic N) is 5. The molecule has 166 valence electrons. The van der Waals surface area contributed by atoms with Crippen LogP contribution in [0.1, 0.15) is 45.4 Å². The van der Waals surface area contributed by atoms with E-state index in [2.05, 4.69) is 39.0 Å². The van der Waals surface area contributed by atoms with Gasteiger partial charge in [0.1, 0.15) is 17.6 Å². The van der Waals surface area contributed by atoms with Crippen LogP contribution in [0.3, 0.4) is 0 Å². The molecule has 1 aromatic carbocycles. The fourth-order valence-corrected chi connectivity index (χ4v) is 5.37. The minimum absolute atomic E-state index is 0.0646. The van der Waals surface area contributed by atoms with Crippen LogP contribution in [0.4, 0.5) is 4.39 Å². The normalized spacial score (nSPS) is 29.6. The van der Waals surface area contributed by atoms with Crippen molar-refractivity contribution in [3.63, 3.8) is 0 Å². The van der Waals surface area contributed by atoms with E-state index in [1.54, 1.807) is 41.6 Å². The Balaban J connectivity index is 1.38. The molecule has 0 unspecified atom stereocenters. The molecule has 3 aromatic rings. The van der Waals surface area contributed by atoms with Crippen LogP contribution >= 0.6 is 0 Å². The van der Waals surface area contributed by atoms with Crippen molar-refractivity contribution in [2.24, 2.45) is 5.92 Å². The Hall–Kier alpha value is -3.13. The second kappa shape index (κ2) is 7.48. The fraction of sp³-hybridized carbons (Fsp3) is 0.417. The zero-order valence-corrected chi connectivity index (χ0v) is 18.3. The number of halogens is 1. The summed E-state index contributed by atoms with van der Waals surface area (Å²) in [5.41, 5.74) is 1.65. The summed E-state index contributed by atoms with van der Waals surface area (Å²) in [4.78, 5) is 8.45. The van der Waals surface area contributed by atoms with E-state index >= 15 is 4.39 Å². The van der Waals surface area contributed by atoms with Gasteiger partial charge >= 0.3 is 0 Å². The van der Waals surface area contributed by atoms with Gasteiger partial charge in [-0.3, -0.25) is 0 Å². The Morgan fingerprint density at radius 3 is 2.81 bits per heavy atom. The number of aromatic nitrogens is 5. The van der Waals surface area contributed by atoms with Crippen LogP contribution in [-0.4, -0.2) is 47.1 Å². The third-order valence-corrected chi connectivity index (χ3v) is 7.00. The molecule has 2 fully saturated rings. The second-order valence-corrected chi connectivity index (χ2v) is 9.53. The predicted molar refractivity (Wildman–Crippen MR) is 120 cm³/mol. The van der Waals surface area contributed by atoms with E-state index in [1.807, 2.05) is 13.0 Å². The van der Waals surface area contributed by atoms with Gasteiger partial charge in [0.15, 0.2) is 5.82 Å². The minimum atomic E-state index is -1.06. The van der Waals surface area contributed by atoms with Crippen molar-refractivity contribution in [1.82, 2.24) is 30.0 Å². The van der Waals surface area contributed by atoms with E-state index in [9.17, 15) is 5.11 Å². The summed E-state index contributed by atoms with van der Waals surface area (Å²) >= 11 is 0. The molecular weight excluding hydrogens is 407 g/mol. The van der Waals surface area contributed by atoms with Crippen LogP contribution in [0.15, 0.2) is 49.7 Å². The van der Waals surface area contributed by atoms with Crippen LogP contribution in [0.2, 0.25) is 0 Å².